The molecular weight excluding hydrogens is 315 g/mol. The molecule has 0 aromatic heterocycles. The zero-order valence-corrected chi connectivity index (χ0v) is 14.6. The van der Waals surface area contributed by atoms with Crippen LogP contribution in [-0.2, 0) is 12.6 Å². The van der Waals surface area contributed by atoms with Gasteiger partial charge in [-0.1, -0.05) is 20.3 Å². The van der Waals surface area contributed by atoms with E-state index in [2.05, 4.69) is 5.32 Å². The minimum Gasteiger partial charge on any atom is -0.310 e. The SMILES string of the molecule is CCC(=O)c1cc(C(C)NCC2CCC2)cc(C(F)(F)F)c1CC. The first-order chi connectivity index (χ1) is 11.3. The summed E-state index contributed by atoms with van der Waals surface area (Å²) in [5.41, 5.74) is 0.207. The molecule has 0 bridgehead atoms. The van der Waals surface area contributed by atoms with Crippen molar-refractivity contribution >= 4 is 5.78 Å². The van der Waals surface area contributed by atoms with Gasteiger partial charge in [0.15, 0.2) is 5.78 Å². The highest BCUT2D eigenvalue weighted by Crippen LogP contribution is 2.36. The molecule has 2 rings (SSSR count). The van der Waals surface area contributed by atoms with E-state index >= 15 is 0 Å². The van der Waals surface area contributed by atoms with Gasteiger partial charge in [0, 0.05) is 18.0 Å². The summed E-state index contributed by atoms with van der Waals surface area (Å²) in [5.74, 6) is 0.395. The molecule has 1 aliphatic rings. The van der Waals surface area contributed by atoms with Crippen LogP contribution in [0.25, 0.3) is 0 Å². The Balaban J connectivity index is 2.37. The van der Waals surface area contributed by atoms with Crippen LogP contribution >= 0.6 is 0 Å². The van der Waals surface area contributed by atoms with E-state index in [1.165, 1.54) is 25.3 Å². The van der Waals surface area contributed by atoms with E-state index in [1.807, 2.05) is 6.92 Å². The third-order valence-corrected chi connectivity index (χ3v) is 4.99. The number of hydrogen-bond donors (Lipinski definition) is 1. The molecule has 0 spiro atoms. The maximum atomic E-state index is 13.5. The Kier molecular flexibility index (Phi) is 6.07. The Morgan fingerprint density at radius 2 is 1.96 bits per heavy atom. The summed E-state index contributed by atoms with van der Waals surface area (Å²) in [6, 6.07) is 2.66. The van der Waals surface area contributed by atoms with Crippen molar-refractivity contribution in [2.45, 2.75) is 65.1 Å². The van der Waals surface area contributed by atoms with Crippen LogP contribution in [0.3, 0.4) is 0 Å². The molecule has 1 aliphatic carbocycles. The summed E-state index contributed by atoms with van der Waals surface area (Å²) >= 11 is 0. The van der Waals surface area contributed by atoms with Crippen molar-refractivity contribution in [2.24, 2.45) is 5.92 Å². The normalized spacial score (nSPS) is 16.8. The van der Waals surface area contributed by atoms with Gasteiger partial charge in [0.2, 0.25) is 0 Å². The molecule has 1 unspecified atom stereocenters. The van der Waals surface area contributed by atoms with Crippen LogP contribution in [0, 0.1) is 5.92 Å². The minimum absolute atomic E-state index is 0.115. The number of benzene rings is 1. The van der Waals surface area contributed by atoms with Crippen molar-refractivity contribution in [1.82, 2.24) is 5.32 Å². The summed E-state index contributed by atoms with van der Waals surface area (Å²) in [5, 5.41) is 3.32. The lowest BCUT2D eigenvalue weighted by molar-refractivity contribution is -0.138. The van der Waals surface area contributed by atoms with E-state index in [0.29, 0.717) is 11.5 Å². The van der Waals surface area contributed by atoms with E-state index in [9.17, 15) is 18.0 Å². The fourth-order valence-electron chi connectivity index (χ4n) is 3.18. The molecule has 0 saturated heterocycles. The van der Waals surface area contributed by atoms with E-state index in [1.54, 1.807) is 19.9 Å². The first kappa shape index (κ1) is 19.0. The second kappa shape index (κ2) is 7.68. The van der Waals surface area contributed by atoms with Gasteiger partial charge in [-0.15, -0.1) is 0 Å². The van der Waals surface area contributed by atoms with Crippen molar-refractivity contribution < 1.29 is 18.0 Å². The topological polar surface area (TPSA) is 29.1 Å². The van der Waals surface area contributed by atoms with Gasteiger partial charge in [0.25, 0.3) is 0 Å². The van der Waals surface area contributed by atoms with E-state index < -0.39 is 11.7 Å². The quantitative estimate of drug-likeness (QED) is 0.681. The molecule has 134 valence electrons. The fourth-order valence-corrected chi connectivity index (χ4v) is 3.18. The molecule has 1 N–H and O–H groups in total. The average Bonchev–Trinajstić information content (AvgIpc) is 2.50. The first-order valence-corrected chi connectivity index (χ1v) is 8.78. The summed E-state index contributed by atoms with van der Waals surface area (Å²) in [7, 11) is 0. The zero-order valence-electron chi connectivity index (χ0n) is 14.6. The lowest BCUT2D eigenvalue weighted by Gasteiger charge is -2.28. The Morgan fingerprint density at radius 1 is 1.29 bits per heavy atom. The molecular formula is C19H26F3NO. The van der Waals surface area contributed by atoms with Crippen LogP contribution in [-0.4, -0.2) is 12.3 Å². The second-order valence-electron chi connectivity index (χ2n) is 6.65. The molecule has 0 heterocycles. The lowest BCUT2D eigenvalue weighted by atomic mass is 9.85. The summed E-state index contributed by atoms with van der Waals surface area (Å²) in [4.78, 5) is 12.2. The van der Waals surface area contributed by atoms with Gasteiger partial charge < -0.3 is 5.32 Å². The van der Waals surface area contributed by atoms with Gasteiger partial charge in [-0.2, -0.15) is 13.2 Å². The maximum absolute atomic E-state index is 13.5. The predicted molar refractivity (Wildman–Crippen MR) is 89.2 cm³/mol. The number of Topliss-reactive ketones (excluding diaryl/α,β-unsaturated/α-hetero) is 1. The van der Waals surface area contributed by atoms with Crippen molar-refractivity contribution in [3.05, 3.63) is 34.4 Å². The number of ketones is 1. The molecule has 5 heteroatoms. The van der Waals surface area contributed by atoms with Crippen LogP contribution in [0.1, 0.15) is 79.5 Å². The third kappa shape index (κ3) is 4.18. The third-order valence-electron chi connectivity index (χ3n) is 4.99. The zero-order chi connectivity index (χ0) is 17.9. The molecule has 1 fully saturated rings. The van der Waals surface area contributed by atoms with Crippen LogP contribution in [0.4, 0.5) is 13.2 Å². The van der Waals surface area contributed by atoms with E-state index in [4.69, 9.17) is 0 Å². The van der Waals surface area contributed by atoms with Crippen molar-refractivity contribution in [2.75, 3.05) is 6.54 Å². The molecule has 0 aliphatic heterocycles. The monoisotopic (exact) mass is 341 g/mol. The standard InChI is InChI=1S/C19H26F3NO/c1-4-15-16(18(24)5-2)9-14(10-17(15)19(20,21)22)12(3)23-11-13-7-6-8-13/h9-10,12-13,23H,4-8,11H2,1-3H3. The Morgan fingerprint density at radius 3 is 2.42 bits per heavy atom. The molecule has 1 aromatic carbocycles. The lowest BCUT2D eigenvalue weighted by Crippen LogP contribution is -2.29. The maximum Gasteiger partial charge on any atom is 0.416 e. The smallest absolute Gasteiger partial charge is 0.310 e. The summed E-state index contributed by atoms with van der Waals surface area (Å²) in [6.45, 7) is 6.02. The van der Waals surface area contributed by atoms with Gasteiger partial charge in [-0.3, -0.25) is 4.79 Å². The molecule has 1 aromatic rings. The Labute approximate surface area is 141 Å². The van der Waals surface area contributed by atoms with Crippen molar-refractivity contribution in [3.8, 4) is 0 Å². The van der Waals surface area contributed by atoms with Crippen molar-refractivity contribution in [3.63, 3.8) is 0 Å². The van der Waals surface area contributed by atoms with Gasteiger partial charge in [0.1, 0.15) is 0 Å². The largest absolute Gasteiger partial charge is 0.416 e. The number of hydrogen-bond acceptors (Lipinski definition) is 2. The van der Waals surface area contributed by atoms with E-state index in [0.717, 1.165) is 6.54 Å². The Hall–Kier alpha value is -1.36. The van der Waals surface area contributed by atoms with Crippen LogP contribution < -0.4 is 5.32 Å². The van der Waals surface area contributed by atoms with Gasteiger partial charge in [-0.25, -0.2) is 0 Å². The van der Waals surface area contributed by atoms with E-state index in [-0.39, 0.29) is 35.8 Å². The number of halogens is 3. The Bertz CT molecular complexity index is 591. The molecule has 0 amide bonds. The summed E-state index contributed by atoms with van der Waals surface area (Å²) in [6.07, 6.45) is -0.446. The number of alkyl halides is 3. The van der Waals surface area contributed by atoms with Crippen LogP contribution in [0.2, 0.25) is 0 Å². The fraction of sp³-hybridized carbons (Fsp3) is 0.632. The minimum atomic E-state index is -4.45. The van der Waals surface area contributed by atoms with Gasteiger partial charge in [0.05, 0.1) is 5.56 Å². The van der Waals surface area contributed by atoms with Crippen LogP contribution in [0.5, 0.6) is 0 Å². The highest BCUT2D eigenvalue weighted by Gasteiger charge is 2.35. The van der Waals surface area contributed by atoms with Gasteiger partial charge >= 0.3 is 6.18 Å². The number of nitrogens with one attached hydrogen (secondary N) is 1. The predicted octanol–water partition coefficient (Wildman–Crippen LogP) is 5.31. The number of carbonyl (C=O) groups excluding carboxylic acids is 1. The highest BCUT2D eigenvalue weighted by molar-refractivity contribution is 5.98. The van der Waals surface area contributed by atoms with Gasteiger partial charge in [-0.05, 0) is 61.9 Å². The molecule has 24 heavy (non-hydrogen) atoms. The first-order valence-electron chi connectivity index (χ1n) is 8.78. The average molecular weight is 341 g/mol. The van der Waals surface area contributed by atoms with Crippen LogP contribution in [0.15, 0.2) is 12.1 Å². The molecule has 1 atom stereocenters. The second-order valence-corrected chi connectivity index (χ2v) is 6.65. The number of carbonyl (C=O) groups is 1. The summed E-state index contributed by atoms with van der Waals surface area (Å²) < 4.78 is 40.4. The molecule has 1 saturated carbocycles. The molecule has 2 nitrogen and oxygen atoms in total. The highest BCUT2D eigenvalue weighted by atomic mass is 19.4. The number of rotatable bonds is 7. The molecule has 0 radical (unpaired) electrons. The van der Waals surface area contributed by atoms with Crippen molar-refractivity contribution in [1.29, 1.82) is 0 Å².